The summed E-state index contributed by atoms with van der Waals surface area (Å²) in [5.74, 6) is 0.383. The van der Waals surface area contributed by atoms with Crippen molar-refractivity contribution in [2.75, 3.05) is 50.0 Å². The number of carbonyl (C=O) groups is 1. The number of anilines is 2. The Balaban J connectivity index is 1.35. The molecule has 1 fully saturated rings. The van der Waals surface area contributed by atoms with Crippen molar-refractivity contribution >= 4 is 38.8 Å². The molecule has 0 bridgehead atoms. The van der Waals surface area contributed by atoms with Crippen molar-refractivity contribution in [3.05, 3.63) is 46.8 Å². The molecule has 0 unspecified atom stereocenters. The van der Waals surface area contributed by atoms with Crippen LogP contribution in [0.25, 0.3) is 10.2 Å². The molecule has 158 valence electrons. The van der Waals surface area contributed by atoms with E-state index in [-0.39, 0.29) is 5.91 Å². The lowest BCUT2D eigenvalue weighted by Gasteiger charge is -2.29. The summed E-state index contributed by atoms with van der Waals surface area (Å²) in [5.41, 5.74) is 9.12. The first-order chi connectivity index (χ1) is 14.7. The van der Waals surface area contributed by atoms with Gasteiger partial charge in [0, 0.05) is 49.9 Å². The predicted octanol–water partition coefficient (Wildman–Crippen LogP) is 2.66. The van der Waals surface area contributed by atoms with E-state index in [1.165, 1.54) is 22.6 Å². The monoisotopic (exact) mass is 425 g/mol. The van der Waals surface area contributed by atoms with Crippen LogP contribution in [0.1, 0.15) is 22.2 Å². The van der Waals surface area contributed by atoms with E-state index in [1.807, 2.05) is 13.0 Å². The highest BCUT2D eigenvalue weighted by Crippen LogP contribution is 2.33. The second-order valence-electron chi connectivity index (χ2n) is 7.19. The molecule has 0 atom stereocenters. The summed E-state index contributed by atoms with van der Waals surface area (Å²) in [7, 11) is 0. The maximum atomic E-state index is 12.6. The highest BCUT2D eigenvalue weighted by atomic mass is 32.1. The molecule has 1 aliphatic heterocycles. The first kappa shape index (κ1) is 20.4. The molecule has 2 aromatic heterocycles. The lowest BCUT2D eigenvalue weighted by Crippen LogP contribution is -2.43. The smallest absolute Gasteiger partial charge is 0.263 e. The van der Waals surface area contributed by atoms with Crippen molar-refractivity contribution < 1.29 is 9.53 Å². The van der Waals surface area contributed by atoms with Crippen LogP contribution in [0.4, 0.5) is 11.4 Å². The van der Waals surface area contributed by atoms with E-state index in [2.05, 4.69) is 44.8 Å². The number of aromatic nitrogens is 1. The number of amides is 1. The number of nitrogens with two attached hydrogens (primary N) is 1. The molecule has 4 rings (SSSR count). The van der Waals surface area contributed by atoms with E-state index in [1.54, 1.807) is 6.07 Å². The van der Waals surface area contributed by atoms with E-state index >= 15 is 0 Å². The molecule has 3 aromatic rings. The molecule has 7 nitrogen and oxygen atoms in total. The number of ether oxygens (including phenoxy) is 1. The fourth-order valence-electron chi connectivity index (χ4n) is 3.57. The second-order valence-corrected chi connectivity index (χ2v) is 8.19. The minimum atomic E-state index is -0.161. The van der Waals surface area contributed by atoms with Crippen molar-refractivity contribution in [1.82, 2.24) is 15.6 Å². The number of nitrogens with one attached hydrogen (secondary N) is 2. The largest absolute Gasteiger partial charge is 0.478 e. The zero-order chi connectivity index (χ0) is 20.9. The lowest BCUT2D eigenvalue weighted by molar-refractivity contribution is 0.0959. The molecule has 0 radical (unpaired) electrons. The van der Waals surface area contributed by atoms with Crippen LogP contribution >= 0.6 is 11.3 Å². The van der Waals surface area contributed by atoms with E-state index < -0.39 is 0 Å². The van der Waals surface area contributed by atoms with Crippen LogP contribution in [0.5, 0.6) is 5.88 Å². The van der Waals surface area contributed by atoms with E-state index in [0.29, 0.717) is 34.4 Å². The van der Waals surface area contributed by atoms with Crippen molar-refractivity contribution in [3.8, 4) is 5.88 Å². The molecule has 1 saturated heterocycles. The van der Waals surface area contributed by atoms with Crippen LogP contribution in [0.2, 0.25) is 0 Å². The number of thiophene rings is 1. The van der Waals surface area contributed by atoms with Gasteiger partial charge < -0.3 is 26.0 Å². The molecule has 1 aromatic carbocycles. The SMILES string of the molecule is CCOc1ccc2c(N)c(C(=O)NCCc3ccc(N4CCNCC4)cc3)sc2n1. The molecule has 0 saturated carbocycles. The number of hydrogen-bond acceptors (Lipinski definition) is 7. The molecule has 3 heterocycles. The molecule has 30 heavy (non-hydrogen) atoms. The molecular formula is C22H27N5O2S. The quantitative estimate of drug-likeness (QED) is 0.539. The second kappa shape index (κ2) is 9.32. The standard InChI is InChI=1S/C22H27N5O2S/c1-2-29-18-8-7-17-19(23)20(30-22(17)26-18)21(28)25-10-9-15-3-5-16(6-4-15)27-13-11-24-12-14-27/h3-8,24H,2,9-14,23H2,1H3,(H,25,28). The van der Waals surface area contributed by atoms with Crippen LogP contribution in [0.15, 0.2) is 36.4 Å². The van der Waals surface area contributed by atoms with Crippen molar-refractivity contribution in [2.45, 2.75) is 13.3 Å². The van der Waals surface area contributed by atoms with Gasteiger partial charge in [-0.3, -0.25) is 4.79 Å². The lowest BCUT2D eigenvalue weighted by atomic mass is 10.1. The highest BCUT2D eigenvalue weighted by molar-refractivity contribution is 7.21. The average Bonchev–Trinajstić information content (AvgIpc) is 3.11. The number of nitrogen functional groups attached to an aromatic ring is 1. The number of benzene rings is 1. The number of fused-ring (bicyclic) bond motifs is 1. The van der Waals surface area contributed by atoms with Gasteiger partial charge in [-0.2, -0.15) is 0 Å². The maximum absolute atomic E-state index is 12.6. The summed E-state index contributed by atoms with van der Waals surface area (Å²) >= 11 is 1.30. The molecule has 4 N–H and O–H groups in total. The third kappa shape index (κ3) is 4.49. The summed E-state index contributed by atoms with van der Waals surface area (Å²) in [4.78, 5) is 20.7. The van der Waals surface area contributed by atoms with Gasteiger partial charge in [0.15, 0.2) is 0 Å². The molecule has 1 aliphatic rings. The number of piperazine rings is 1. The van der Waals surface area contributed by atoms with Crippen LogP contribution in [0, 0.1) is 0 Å². The first-order valence-corrected chi connectivity index (χ1v) is 11.1. The number of nitrogens with zero attached hydrogens (tertiary/aromatic N) is 2. The van der Waals surface area contributed by atoms with Gasteiger partial charge in [0.1, 0.15) is 9.71 Å². The molecule has 0 spiro atoms. The predicted molar refractivity (Wildman–Crippen MR) is 123 cm³/mol. The minimum Gasteiger partial charge on any atom is -0.478 e. The van der Waals surface area contributed by atoms with Crippen LogP contribution in [-0.2, 0) is 6.42 Å². The van der Waals surface area contributed by atoms with Crippen molar-refractivity contribution in [2.24, 2.45) is 0 Å². The van der Waals surface area contributed by atoms with Gasteiger partial charge in [-0.05, 0) is 37.1 Å². The molecular weight excluding hydrogens is 398 g/mol. The van der Waals surface area contributed by atoms with Gasteiger partial charge in [0.05, 0.1) is 12.3 Å². The zero-order valence-electron chi connectivity index (χ0n) is 17.1. The van der Waals surface area contributed by atoms with Gasteiger partial charge in [-0.15, -0.1) is 11.3 Å². The van der Waals surface area contributed by atoms with Gasteiger partial charge in [0.2, 0.25) is 5.88 Å². The topological polar surface area (TPSA) is 92.5 Å². The Bertz CT molecular complexity index is 1010. The Morgan fingerprint density at radius 3 is 2.73 bits per heavy atom. The van der Waals surface area contributed by atoms with Gasteiger partial charge in [0.25, 0.3) is 5.91 Å². The number of rotatable bonds is 7. The number of pyridine rings is 1. The third-order valence-electron chi connectivity index (χ3n) is 5.18. The number of hydrogen-bond donors (Lipinski definition) is 3. The number of carbonyl (C=O) groups excluding carboxylic acids is 1. The Morgan fingerprint density at radius 1 is 1.23 bits per heavy atom. The van der Waals surface area contributed by atoms with Gasteiger partial charge in [-0.25, -0.2) is 4.98 Å². The average molecular weight is 426 g/mol. The van der Waals surface area contributed by atoms with Crippen LogP contribution in [0.3, 0.4) is 0 Å². The highest BCUT2D eigenvalue weighted by Gasteiger charge is 2.17. The first-order valence-electron chi connectivity index (χ1n) is 10.3. The van der Waals surface area contributed by atoms with Crippen molar-refractivity contribution in [3.63, 3.8) is 0 Å². The van der Waals surface area contributed by atoms with E-state index in [4.69, 9.17) is 10.5 Å². The summed E-state index contributed by atoms with van der Waals surface area (Å²) in [6.45, 7) is 7.13. The molecule has 8 heteroatoms. The summed E-state index contributed by atoms with van der Waals surface area (Å²) < 4.78 is 5.43. The fourth-order valence-corrected chi connectivity index (χ4v) is 4.58. The summed E-state index contributed by atoms with van der Waals surface area (Å²) in [6.07, 6.45) is 0.769. The zero-order valence-corrected chi connectivity index (χ0v) is 17.9. The Kier molecular flexibility index (Phi) is 6.35. The molecule has 0 aliphatic carbocycles. The van der Waals surface area contributed by atoms with Gasteiger partial charge >= 0.3 is 0 Å². The van der Waals surface area contributed by atoms with Crippen LogP contribution in [-0.4, -0.2) is 50.2 Å². The van der Waals surface area contributed by atoms with E-state index in [0.717, 1.165) is 38.0 Å². The Labute approximate surface area is 180 Å². The minimum absolute atomic E-state index is 0.161. The van der Waals surface area contributed by atoms with Crippen molar-refractivity contribution in [1.29, 1.82) is 0 Å². The Hall–Kier alpha value is -2.84. The summed E-state index contributed by atoms with van der Waals surface area (Å²) in [6, 6.07) is 12.2. The Morgan fingerprint density at radius 2 is 2.00 bits per heavy atom. The third-order valence-corrected chi connectivity index (χ3v) is 6.30. The van der Waals surface area contributed by atoms with E-state index in [9.17, 15) is 4.79 Å². The maximum Gasteiger partial charge on any atom is 0.263 e. The molecule has 1 amide bonds. The van der Waals surface area contributed by atoms with Crippen LogP contribution < -0.4 is 26.0 Å². The summed E-state index contributed by atoms with van der Waals surface area (Å²) in [5, 5.41) is 7.14. The fraction of sp³-hybridized carbons (Fsp3) is 0.364. The van der Waals surface area contributed by atoms with Gasteiger partial charge in [-0.1, -0.05) is 12.1 Å². The normalized spacial score (nSPS) is 14.1.